The van der Waals surface area contributed by atoms with Gasteiger partial charge in [0.05, 0.1) is 34.7 Å². The Kier molecular flexibility index (Phi) is 2.84. The Bertz CT molecular complexity index is 429. The van der Waals surface area contributed by atoms with Crippen LogP contribution in [0.5, 0.6) is 5.75 Å². The highest BCUT2D eigenvalue weighted by Gasteiger charge is 2.21. The van der Waals surface area contributed by atoms with Crippen LogP contribution >= 0.6 is 0 Å². The van der Waals surface area contributed by atoms with E-state index in [9.17, 15) is 20.2 Å². The zero-order valence-corrected chi connectivity index (χ0v) is 8.09. The van der Waals surface area contributed by atoms with Crippen molar-refractivity contribution in [2.75, 3.05) is 7.11 Å². The Morgan fingerprint density at radius 1 is 1.20 bits per heavy atom. The van der Waals surface area contributed by atoms with Crippen LogP contribution in [-0.2, 0) is 0 Å². The quantitative estimate of drug-likeness (QED) is 0.562. The number of hydrogen-bond donors (Lipinski definition) is 0. The number of benzene rings is 1. The van der Waals surface area contributed by atoms with Crippen molar-refractivity contribution in [1.82, 2.24) is 0 Å². The maximum Gasteiger partial charge on any atom is 0.282 e. The molecule has 7 heteroatoms. The first-order valence-corrected chi connectivity index (χ1v) is 3.94. The van der Waals surface area contributed by atoms with Crippen LogP contribution in [-0.4, -0.2) is 17.0 Å². The Morgan fingerprint density at radius 3 is 2.20 bits per heavy atom. The van der Waals surface area contributed by atoms with Gasteiger partial charge in [0.2, 0.25) is 0 Å². The van der Waals surface area contributed by atoms with Crippen molar-refractivity contribution in [3.05, 3.63) is 37.9 Å². The van der Waals surface area contributed by atoms with Gasteiger partial charge < -0.3 is 4.74 Å². The van der Waals surface area contributed by atoms with Crippen LogP contribution in [0, 0.1) is 27.2 Å². The van der Waals surface area contributed by atoms with E-state index < -0.39 is 9.85 Å². The zero-order chi connectivity index (χ0) is 11.6. The molecule has 1 aromatic carbocycles. The maximum absolute atomic E-state index is 10.6. The number of rotatable bonds is 3. The summed E-state index contributed by atoms with van der Waals surface area (Å²) in [5.41, 5.74) is -0.404. The summed E-state index contributed by atoms with van der Waals surface area (Å²) in [6, 6.07) is 2.07. The first kappa shape index (κ1) is 10.9. The van der Waals surface area contributed by atoms with Gasteiger partial charge in [-0.2, -0.15) is 0 Å². The van der Waals surface area contributed by atoms with Crippen molar-refractivity contribution < 1.29 is 14.6 Å². The van der Waals surface area contributed by atoms with Crippen molar-refractivity contribution in [3.63, 3.8) is 0 Å². The highest BCUT2D eigenvalue weighted by molar-refractivity contribution is 5.56. The van der Waals surface area contributed by atoms with E-state index in [0.717, 1.165) is 12.1 Å². The molecule has 0 atom stereocenters. The summed E-state index contributed by atoms with van der Waals surface area (Å²) < 4.78 is 4.82. The summed E-state index contributed by atoms with van der Waals surface area (Å²) in [4.78, 5) is 19.7. The molecule has 0 saturated heterocycles. The summed E-state index contributed by atoms with van der Waals surface area (Å²) in [5, 5.41) is 21.1. The summed E-state index contributed by atoms with van der Waals surface area (Å²) in [5.74, 6) is 0.135. The van der Waals surface area contributed by atoms with Crippen LogP contribution in [0.1, 0.15) is 5.56 Å². The molecule has 0 amide bonds. The molecular weight excluding hydrogens is 204 g/mol. The lowest BCUT2D eigenvalue weighted by molar-refractivity contribution is -0.394. The van der Waals surface area contributed by atoms with Gasteiger partial charge in [0.25, 0.3) is 11.4 Å². The van der Waals surface area contributed by atoms with Crippen LogP contribution in [0.2, 0.25) is 0 Å². The molecule has 0 aliphatic heterocycles. The van der Waals surface area contributed by atoms with Crippen LogP contribution in [0.15, 0.2) is 12.1 Å². The fourth-order valence-corrected chi connectivity index (χ4v) is 1.17. The number of methoxy groups -OCH3 is 1. The van der Waals surface area contributed by atoms with Gasteiger partial charge in [-0.1, -0.05) is 0 Å². The van der Waals surface area contributed by atoms with E-state index in [1.54, 1.807) is 0 Å². The molecule has 0 unspecified atom stereocenters. The predicted octanol–water partition coefficient (Wildman–Crippen LogP) is 1.82. The third kappa shape index (κ3) is 2.01. The van der Waals surface area contributed by atoms with Gasteiger partial charge in [-0.15, -0.1) is 0 Å². The molecule has 0 saturated carbocycles. The van der Waals surface area contributed by atoms with Crippen LogP contribution < -0.4 is 4.74 Å². The molecular formula is C8H8N2O5. The number of nitro benzene ring substituents is 2. The average molecular weight is 212 g/mol. The van der Waals surface area contributed by atoms with E-state index >= 15 is 0 Å². The van der Waals surface area contributed by atoms with E-state index in [4.69, 9.17) is 4.74 Å². The zero-order valence-electron chi connectivity index (χ0n) is 8.09. The Morgan fingerprint density at radius 2 is 1.80 bits per heavy atom. The van der Waals surface area contributed by atoms with Gasteiger partial charge in [-0.05, 0) is 6.92 Å². The van der Waals surface area contributed by atoms with E-state index in [1.807, 2.05) is 0 Å². The first-order valence-electron chi connectivity index (χ1n) is 3.94. The second-order valence-electron chi connectivity index (χ2n) is 2.81. The molecule has 0 fully saturated rings. The molecule has 0 spiro atoms. The van der Waals surface area contributed by atoms with Gasteiger partial charge in [0, 0.05) is 0 Å². The molecule has 0 bridgehead atoms. The van der Waals surface area contributed by atoms with Gasteiger partial charge in [-0.3, -0.25) is 20.2 Å². The molecule has 0 radical (unpaired) electrons. The second-order valence-corrected chi connectivity index (χ2v) is 2.81. The Hall–Kier alpha value is -2.18. The SMILES string of the molecule is COc1cc([N+](=O)[O-])cc([N+](=O)[O-])c1C. The van der Waals surface area contributed by atoms with Crippen LogP contribution in [0.25, 0.3) is 0 Å². The molecule has 1 rings (SSSR count). The summed E-state index contributed by atoms with van der Waals surface area (Å²) in [6.07, 6.45) is 0. The number of nitrogens with zero attached hydrogens (tertiary/aromatic N) is 2. The van der Waals surface area contributed by atoms with Crippen molar-refractivity contribution in [1.29, 1.82) is 0 Å². The standard InChI is InChI=1S/C8H8N2O5/c1-5-7(10(13)14)3-6(9(11)12)4-8(5)15-2/h3-4H,1-2H3. The van der Waals surface area contributed by atoms with Gasteiger partial charge in [0.15, 0.2) is 0 Å². The molecule has 0 aliphatic carbocycles. The highest BCUT2D eigenvalue weighted by Crippen LogP contribution is 2.32. The van der Waals surface area contributed by atoms with Crippen LogP contribution in [0.3, 0.4) is 0 Å². The number of nitro groups is 2. The van der Waals surface area contributed by atoms with E-state index in [-0.39, 0.29) is 22.7 Å². The maximum atomic E-state index is 10.6. The molecule has 0 N–H and O–H groups in total. The third-order valence-electron chi connectivity index (χ3n) is 1.94. The van der Waals surface area contributed by atoms with Crippen molar-refractivity contribution in [2.45, 2.75) is 6.92 Å². The fraction of sp³-hybridized carbons (Fsp3) is 0.250. The minimum absolute atomic E-state index is 0.135. The second kappa shape index (κ2) is 3.91. The third-order valence-corrected chi connectivity index (χ3v) is 1.94. The molecule has 0 heterocycles. The number of hydrogen-bond acceptors (Lipinski definition) is 5. The molecule has 0 aromatic heterocycles. The highest BCUT2D eigenvalue weighted by atomic mass is 16.6. The minimum Gasteiger partial charge on any atom is -0.496 e. The summed E-state index contributed by atoms with van der Waals surface area (Å²) in [6.45, 7) is 1.47. The smallest absolute Gasteiger partial charge is 0.282 e. The van der Waals surface area contributed by atoms with Crippen molar-refractivity contribution in [2.24, 2.45) is 0 Å². The lowest BCUT2D eigenvalue weighted by atomic mass is 10.1. The predicted molar refractivity (Wildman–Crippen MR) is 51.0 cm³/mol. The first-order chi connectivity index (χ1) is 6.97. The lowest BCUT2D eigenvalue weighted by Crippen LogP contribution is -1.98. The monoisotopic (exact) mass is 212 g/mol. The van der Waals surface area contributed by atoms with E-state index in [1.165, 1.54) is 14.0 Å². The normalized spacial score (nSPS) is 9.73. The largest absolute Gasteiger partial charge is 0.496 e. The Labute approximate surface area is 84.6 Å². The van der Waals surface area contributed by atoms with Crippen molar-refractivity contribution in [3.8, 4) is 5.75 Å². The molecule has 1 aromatic rings. The van der Waals surface area contributed by atoms with E-state index in [0.29, 0.717) is 0 Å². The molecule has 7 nitrogen and oxygen atoms in total. The van der Waals surface area contributed by atoms with Gasteiger partial charge in [0.1, 0.15) is 5.75 Å². The summed E-state index contributed by atoms with van der Waals surface area (Å²) in [7, 11) is 1.30. The fourth-order valence-electron chi connectivity index (χ4n) is 1.17. The topological polar surface area (TPSA) is 95.5 Å². The van der Waals surface area contributed by atoms with Gasteiger partial charge in [-0.25, -0.2) is 0 Å². The van der Waals surface area contributed by atoms with Crippen LogP contribution in [0.4, 0.5) is 11.4 Å². The summed E-state index contributed by atoms with van der Waals surface area (Å²) >= 11 is 0. The van der Waals surface area contributed by atoms with Crippen molar-refractivity contribution >= 4 is 11.4 Å². The lowest BCUT2D eigenvalue weighted by Gasteiger charge is -2.04. The number of non-ortho nitro benzene ring substituents is 1. The Balaban J connectivity index is 3.45. The average Bonchev–Trinajstić information content (AvgIpc) is 2.17. The van der Waals surface area contributed by atoms with Gasteiger partial charge >= 0.3 is 0 Å². The molecule has 15 heavy (non-hydrogen) atoms. The molecule has 80 valence electrons. The van der Waals surface area contributed by atoms with E-state index in [2.05, 4.69) is 0 Å². The minimum atomic E-state index is -0.699. The number of ether oxygens (including phenoxy) is 1. The molecule has 0 aliphatic rings.